The molecule has 5 rings (SSSR count). The van der Waals surface area contributed by atoms with Gasteiger partial charge >= 0.3 is 0 Å². The predicted molar refractivity (Wildman–Crippen MR) is 129 cm³/mol. The molecule has 6 nitrogen and oxygen atoms in total. The van der Waals surface area contributed by atoms with Gasteiger partial charge in [-0.1, -0.05) is 54.1 Å². The number of hydroxylamine groups is 1. The summed E-state index contributed by atoms with van der Waals surface area (Å²) in [6, 6.07) is 22.2. The smallest absolute Gasteiger partial charge is 0.266 e. The van der Waals surface area contributed by atoms with E-state index in [0.717, 1.165) is 22.5 Å². The highest BCUT2D eigenvalue weighted by molar-refractivity contribution is 6.36. The van der Waals surface area contributed by atoms with Crippen LogP contribution in [0.3, 0.4) is 0 Å². The van der Waals surface area contributed by atoms with Crippen molar-refractivity contribution in [1.29, 1.82) is 0 Å². The lowest BCUT2D eigenvalue weighted by Crippen LogP contribution is -2.37. The molecule has 0 bridgehead atoms. The van der Waals surface area contributed by atoms with Gasteiger partial charge in [0.1, 0.15) is 5.92 Å². The number of hydrogen-bond acceptors (Lipinski definition) is 5. The Balaban J connectivity index is 1.60. The number of anilines is 3. The summed E-state index contributed by atoms with van der Waals surface area (Å²) >= 11 is 6.34. The van der Waals surface area contributed by atoms with Crippen LogP contribution in [0.25, 0.3) is 0 Å². The van der Waals surface area contributed by atoms with Gasteiger partial charge in [0.2, 0.25) is 5.91 Å². The van der Waals surface area contributed by atoms with Crippen LogP contribution in [-0.4, -0.2) is 32.0 Å². The molecule has 0 aromatic heterocycles. The number of hydrogen-bond donors (Lipinski definition) is 0. The first-order chi connectivity index (χ1) is 15.9. The quantitative estimate of drug-likeness (QED) is 0.524. The van der Waals surface area contributed by atoms with Crippen LogP contribution in [0.4, 0.5) is 17.1 Å². The van der Waals surface area contributed by atoms with E-state index in [-0.39, 0.29) is 5.91 Å². The van der Waals surface area contributed by atoms with Gasteiger partial charge in [0.05, 0.1) is 22.4 Å². The minimum atomic E-state index is -0.924. The number of rotatable bonds is 4. The normalized spacial score (nSPS) is 22.1. The van der Waals surface area contributed by atoms with Gasteiger partial charge in [0.15, 0.2) is 6.10 Å². The second-order valence-corrected chi connectivity index (χ2v) is 8.97. The molecule has 2 heterocycles. The summed E-state index contributed by atoms with van der Waals surface area (Å²) in [6.45, 7) is 1.98. The van der Waals surface area contributed by atoms with Crippen LogP contribution in [0.1, 0.15) is 17.2 Å². The van der Waals surface area contributed by atoms with E-state index >= 15 is 0 Å². The highest BCUT2D eigenvalue weighted by atomic mass is 35.5. The van der Waals surface area contributed by atoms with Crippen molar-refractivity contribution >= 4 is 40.5 Å². The number of para-hydroxylation sites is 2. The number of carbonyl (C=O) groups excluding carboxylic acids is 2. The van der Waals surface area contributed by atoms with E-state index in [4.69, 9.17) is 16.4 Å². The number of fused-ring (bicyclic) bond motifs is 1. The van der Waals surface area contributed by atoms with Gasteiger partial charge in [-0.15, -0.1) is 0 Å². The molecule has 2 saturated heterocycles. The number of imide groups is 1. The summed E-state index contributed by atoms with van der Waals surface area (Å²) in [5, 5.41) is 2.08. The molecule has 0 spiro atoms. The van der Waals surface area contributed by atoms with E-state index in [9.17, 15) is 9.59 Å². The fourth-order valence-electron chi connectivity index (χ4n) is 4.61. The Morgan fingerprint density at radius 3 is 2.12 bits per heavy atom. The van der Waals surface area contributed by atoms with Gasteiger partial charge in [-0.2, -0.15) is 0 Å². The molecule has 7 heteroatoms. The zero-order valence-corrected chi connectivity index (χ0v) is 19.4. The second kappa shape index (κ2) is 8.21. The first-order valence-corrected chi connectivity index (χ1v) is 11.2. The van der Waals surface area contributed by atoms with Gasteiger partial charge in [-0.3, -0.25) is 14.4 Å². The fraction of sp³-hybridized carbons (Fsp3) is 0.231. The second-order valence-electron chi connectivity index (χ2n) is 8.56. The molecular weight excluding hydrogens is 438 g/mol. The first kappa shape index (κ1) is 21.5. The van der Waals surface area contributed by atoms with Crippen molar-refractivity contribution in [3.8, 4) is 0 Å². The largest absolute Gasteiger partial charge is 0.378 e. The van der Waals surface area contributed by atoms with Crippen LogP contribution in [0.15, 0.2) is 72.8 Å². The Morgan fingerprint density at radius 2 is 1.48 bits per heavy atom. The zero-order chi connectivity index (χ0) is 23.3. The minimum Gasteiger partial charge on any atom is -0.378 e. The van der Waals surface area contributed by atoms with E-state index in [1.165, 1.54) is 4.90 Å². The molecule has 0 N–H and O–H groups in total. The standard InChI is InChI=1S/C26H24ClN3O3/c1-16-8-4-6-10-20(16)30-23(17-12-14-18(15-13-17)28(2)3)22-24(33-30)26(32)29(25(22)31)21-11-7-5-9-19(21)27/h4-15,22-24H,1-3H3/t22-,23-,24+/m1/s1. The third-order valence-electron chi connectivity index (χ3n) is 6.31. The Kier molecular flexibility index (Phi) is 5.35. The molecule has 0 aliphatic carbocycles. The van der Waals surface area contributed by atoms with Gasteiger partial charge in [0.25, 0.3) is 5.91 Å². The SMILES string of the molecule is Cc1ccccc1N1O[C@@H]2C(=O)N(c3ccccc3Cl)C(=O)[C@@H]2[C@H]1c1ccc(N(C)C)cc1. The van der Waals surface area contributed by atoms with E-state index < -0.39 is 24.0 Å². The molecule has 3 aromatic rings. The van der Waals surface area contributed by atoms with Crippen molar-refractivity contribution in [1.82, 2.24) is 0 Å². The summed E-state index contributed by atoms with van der Waals surface area (Å²) in [7, 11) is 3.95. The monoisotopic (exact) mass is 461 g/mol. The molecule has 2 aliphatic heterocycles. The van der Waals surface area contributed by atoms with Crippen LogP contribution in [0, 0.1) is 12.8 Å². The van der Waals surface area contributed by atoms with Gasteiger partial charge in [0, 0.05) is 19.8 Å². The number of carbonyl (C=O) groups is 2. The van der Waals surface area contributed by atoms with Crippen molar-refractivity contribution in [3.05, 3.63) is 88.9 Å². The van der Waals surface area contributed by atoms with E-state index in [0.29, 0.717) is 10.7 Å². The Morgan fingerprint density at radius 1 is 0.848 bits per heavy atom. The molecule has 0 radical (unpaired) electrons. The van der Waals surface area contributed by atoms with E-state index in [1.807, 2.05) is 74.4 Å². The molecule has 0 unspecified atom stereocenters. The molecule has 2 aliphatic rings. The number of aryl methyl sites for hydroxylation is 1. The molecule has 2 fully saturated rings. The number of halogens is 1. The minimum absolute atomic E-state index is 0.309. The lowest BCUT2D eigenvalue weighted by Gasteiger charge is -2.30. The summed E-state index contributed by atoms with van der Waals surface area (Å²) < 4.78 is 0. The Bertz CT molecular complexity index is 1230. The Hall–Kier alpha value is -3.35. The first-order valence-electron chi connectivity index (χ1n) is 10.8. The van der Waals surface area contributed by atoms with Crippen molar-refractivity contribution < 1.29 is 14.4 Å². The molecule has 168 valence electrons. The lowest BCUT2D eigenvalue weighted by molar-refractivity contribution is -0.126. The highest BCUT2D eigenvalue weighted by Crippen LogP contribution is 2.49. The van der Waals surface area contributed by atoms with Crippen LogP contribution < -0.4 is 14.9 Å². The summed E-state index contributed by atoms with van der Waals surface area (Å²) in [5.41, 5.74) is 4.16. The fourth-order valence-corrected chi connectivity index (χ4v) is 4.83. The lowest BCUT2D eigenvalue weighted by atomic mass is 9.90. The summed E-state index contributed by atoms with van der Waals surface area (Å²) in [6.07, 6.45) is -0.924. The molecule has 3 aromatic carbocycles. The third-order valence-corrected chi connectivity index (χ3v) is 6.63. The average Bonchev–Trinajstić information content (AvgIpc) is 3.31. The summed E-state index contributed by atoms with van der Waals surface area (Å²) in [5.74, 6) is -1.40. The van der Waals surface area contributed by atoms with Crippen molar-refractivity contribution in [2.75, 3.05) is 29.0 Å². The molecule has 2 amide bonds. The van der Waals surface area contributed by atoms with Crippen molar-refractivity contribution in [3.63, 3.8) is 0 Å². The van der Waals surface area contributed by atoms with Crippen LogP contribution in [0.2, 0.25) is 5.02 Å². The van der Waals surface area contributed by atoms with Crippen LogP contribution in [0.5, 0.6) is 0 Å². The molecule has 0 saturated carbocycles. The van der Waals surface area contributed by atoms with Gasteiger partial charge in [-0.25, -0.2) is 9.96 Å². The van der Waals surface area contributed by atoms with Gasteiger partial charge < -0.3 is 4.90 Å². The number of benzene rings is 3. The predicted octanol–water partition coefficient (Wildman–Crippen LogP) is 4.77. The van der Waals surface area contributed by atoms with Gasteiger partial charge in [-0.05, 0) is 48.4 Å². The average molecular weight is 462 g/mol. The number of amides is 2. The summed E-state index contributed by atoms with van der Waals surface area (Å²) in [4.78, 5) is 36.6. The van der Waals surface area contributed by atoms with Crippen molar-refractivity contribution in [2.45, 2.75) is 19.1 Å². The molecule has 33 heavy (non-hydrogen) atoms. The van der Waals surface area contributed by atoms with E-state index in [1.54, 1.807) is 29.3 Å². The van der Waals surface area contributed by atoms with E-state index in [2.05, 4.69) is 0 Å². The Labute approximate surface area is 197 Å². The highest BCUT2D eigenvalue weighted by Gasteiger charge is 2.60. The number of nitrogens with zero attached hydrogens (tertiary/aromatic N) is 3. The maximum Gasteiger partial charge on any atom is 0.266 e. The zero-order valence-electron chi connectivity index (χ0n) is 18.6. The van der Waals surface area contributed by atoms with Crippen LogP contribution >= 0.6 is 11.6 Å². The third kappa shape index (κ3) is 3.46. The maximum absolute atomic E-state index is 13.7. The van der Waals surface area contributed by atoms with Crippen molar-refractivity contribution in [2.24, 2.45) is 5.92 Å². The molecule has 3 atom stereocenters. The molecular formula is C26H24ClN3O3. The van der Waals surface area contributed by atoms with Crippen LogP contribution in [-0.2, 0) is 14.4 Å². The topological polar surface area (TPSA) is 53.1 Å². The maximum atomic E-state index is 13.7.